The predicted molar refractivity (Wildman–Crippen MR) is 51.5 cm³/mol. The summed E-state index contributed by atoms with van der Waals surface area (Å²) in [5.74, 6) is 0.595. The van der Waals surface area contributed by atoms with Crippen molar-refractivity contribution in [2.24, 2.45) is 11.8 Å². The summed E-state index contributed by atoms with van der Waals surface area (Å²) in [5, 5.41) is 10.5. The van der Waals surface area contributed by atoms with Crippen molar-refractivity contribution < 1.29 is 9.84 Å². The zero-order chi connectivity index (χ0) is 9.64. The third-order valence-corrected chi connectivity index (χ3v) is 4.34. The number of aliphatic hydroxyl groups is 1. The van der Waals surface area contributed by atoms with Crippen molar-refractivity contribution in [2.75, 3.05) is 0 Å². The van der Waals surface area contributed by atoms with E-state index in [9.17, 15) is 5.11 Å². The van der Waals surface area contributed by atoms with Gasteiger partial charge >= 0.3 is 0 Å². The van der Waals surface area contributed by atoms with Crippen LogP contribution in [0.1, 0.15) is 40.0 Å². The third-order valence-electron chi connectivity index (χ3n) is 4.34. The molecule has 0 aromatic heterocycles. The average molecular weight is 184 g/mol. The van der Waals surface area contributed by atoms with Gasteiger partial charge in [0.15, 0.2) is 0 Å². The van der Waals surface area contributed by atoms with E-state index in [-0.39, 0.29) is 0 Å². The largest absolute Gasteiger partial charge is 0.389 e. The highest BCUT2D eigenvalue weighted by molar-refractivity contribution is 5.02. The Morgan fingerprint density at radius 1 is 1.23 bits per heavy atom. The lowest BCUT2D eigenvalue weighted by Gasteiger charge is -2.46. The molecule has 2 fully saturated rings. The fourth-order valence-corrected chi connectivity index (χ4v) is 3.13. The van der Waals surface area contributed by atoms with Crippen LogP contribution >= 0.6 is 0 Å². The molecule has 0 aliphatic carbocycles. The number of hydrogen-bond donors (Lipinski definition) is 1. The SMILES string of the molecule is CCC1(O)[C@H](C)C2CCC(O2)[C@@H]1C. The van der Waals surface area contributed by atoms with Crippen molar-refractivity contribution in [1.82, 2.24) is 0 Å². The molecule has 1 N–H and O–H groups in total. The van der Waals surface area contributed by atoms with Crippen molar-refractivity contribution in [2.45, 2.75) is 57.8 Å². The van der Waals surface area contributed by atoms with Gasteiger partial charge in [-0.1, -0.05) is 20.8 Å². The average Bonchev–Trinajstić information content (AvgIpc) is 2.59. The highest BCUT2D eigenvalue weighted by atomic mass is 16.5. The Morgan fingerprint density at radius 3 is 2.08 bits per heavy atom. The standard InChI is InChI=1S/C11H20O2/c1-4-11(12)7(2)9-5-6-10(13-9)8(11)3/h7-10,12H,4-6H2,1-3H3/t7-,8+,9?,10?,11?. The molecular weight excluding hydrogens is 164 g/mol. The minimum atomic E-state index is -0.482. The molecule has 3 unspecified atom stereocenters. The van der Waals surface area contributed by atoms with E-state index in [2.05, 4.69) is 20.8 Å². The summed E-state index contributed by atoms with van der Waals surface area (Å²) in [7, 11) is 0. The predicted octanol–water partition coefficient (Wildman–Crippen LogP) is 1.96. The second-order valence-electron chi connectivity index (χ2n) is 4.71. The van der Waals surface area contributed by atoms with Gasteiger partial charge in [0.05, 0.1) is 17.8 Å². The Kier molecular flexibility index (Phi) is 2.16. The Labute approximate surface area is 80.3 Å². The van der Waals surface area contributed by atoms with Gasteiger partial charge in [-0.25, -0.2) is 0 Å². The molecule has 2 aliphatic rings. The van der Waals surface area contributed by atoms with Crippen LogP contribution in [0.15, 0.2) is 0 Å². The fourth-order valence-electron chi connectivity index (χ4n) is 3.13. The Hall–Kier alpha value is -0.0800. The zero-order valence-electron chi connectivity index (χ0n) is 8.79. The lowest BCUT2D eigenvalue weighted by atomic mass is 9.72. The fraction of sp³-hybridized carbons (Fsp3) is 1.00. The van der Waals surface area contributed by atoms with Crippen LogP contribution in [-0.2, 0) is 4.74 Å². The second-order valence-corrected chi connectivity index (χ2v) is 4.71. The summed E-state index contributed by atoms with van der Waals surface area (Å²) >= 11 is 0. The van der Waals surface area contributed by atoms with Crippen LogP contribution in [0.5, 0.6) is 0 Å². The normalized spacial score (nSPS) is 55.4. The monoisotopic (exact) mass is 184 g/mol. The molecule has 76 valence electrons. The van der Waals surface area contributed by atoms with Crippen molar-refractivity contribution in [1.29, 1.82) is 0 Å². The number of ether oxygens (including phenoxy) is 1. The maximum Gasteiger partial charge on any atom is 0.0745 e. The molecule has 0 amide bonds. The summed E-state index contributed by atoms with van der Waals surface area (Å²) in [4.78, 5) is 0. The van der Waals surface area contributed by atoms with Crippen LogP contribution < -0.4 is 0 Å². The van der Waals surface area contributed by atoms with Gasteiger partial charge in [0.2, 0.25) is 0 Å². The van der Waals surface area contributed by atoms with Crippen molar-refractivity contribution in [3.63, 3.8) is 0 Å². The Bertz CT molecular complexity index is 186. The lowest BCUT2D eigenvalue weighted by molar-refractivity contribution is -0.189. The summed E-state index contributed by atoms with van der Waals surface area (Å²) in [6.45, 7) is 6.34. The van der Waals surface area contributed by atoms with Crippen molar-refractivity contribution >= 4 is 0 Å². The van der Waals surface area contributed by atoms with Gasteiger partial charge in [-0.2, -0.15) is 0 Å². The van der Waals surface area contributed by atoms with Crippen LogP contribution in [0.2, 0.25) is 0 Å². The molecule has 2 aliphatic heterocycles. The van der Waals surface area contributed by atoms with Crippen LogP contribution in [0.25, 0.3) is 0 Å². The Morgan fingerprint density at radius 2 is 1.69 bits per heavy atom. The van der Waals surface area contributed by atoms with Gasteiger partial charge in [0.25, 0.3) is 0 Å². The van der Waals surface area contributed by atoms with Gasteiger partial charge < -0.3 is 9.84 Å². The zero-order valence-corrected chi connectivity index (χ0v) is 8.79. The quantitative estimate of drug-likeness (QED) is 0.675. The minimum Gasteiger partial charge on any atom is -0.389 e. The van der Waals surface area contributed by atoms with Gasteiger partial charge in [-0.15, -0.1) is 0 Å². The van der Waals surface area contributed by atoms with E-state index in [1.165, 1.54) is 0 Å². The maximum atomic E-state index is 10.5. The van der Waals surface area contributed by atoms with E-state index < -0.39 is 5.60 Å². The first kappa shape index (κ1) is 9.47. The molecule has 2 heteroatoms. The molecule has 0 aromatic carbocycles. The molecule has 0 saturated carbocycles. The van der Waals surface area contributed by atoms with E-state index in [0.717, 1.165) is 19.3 Å². The summed E-state index contributed by atoms with van der Waals surface area (Å²) < 4.78 is 5.86. The number of hydrogen-bond acceptors (Lipinski definition) is 2. The van der Waals surface area contributed by atoms with Crippen LogP contribution in [0, 0.1) is 11.8 Å². The molecule has 2 saturated heterocycles. The number of rotatable bonds is 1. The lowest BCUT2D eigenvalue weighted by Crippen LogP contribution is -2.54. The molecule has 2 bridgehead atoms. The molecule has 5 atom stereocenters. The summed E-state index contributed by atoms with van der Waals surface area (Å²) in [5.41, 5.74) is -0.482. The molecule has 0 radical (unpaired) electrons. The van der Waals surface area contributed by atoms with E-state index in [1.807, 2.05) is 0 Å². The van der Waals surface area contributed by atoms with Gasteiger partial charge in [0, 0.05) is 11.8 Å². The molecular formula is C11H20O2. The molecule has 0 spiro atoms. The number of fused-ring (bicyclic) bond motifs is 2. The van der Waals surface area contributed by atoms with Crippen molar-refractivity contribution in [3.05, 3.63) is 0 Å². The van der Waals surface area contributed by atoms with E-state index >= 15 is 0 Å². The first-order valence-electron chi connectivity index (χ1n) is 5.47. The van der Waals surface area contributed by atoms with Crippen LogP contribution in [-0.4, -0.2) is 22.9 Å². The first-order chi connectivity index (χ1) is 6.09. The minimum absolute atomic E-state index is 0.297. The van der Waals surface area contributed by atoms with E-state index in [0.29, 0.717) is 24.0 Å². The maximum absolute atomic E-state index is 10.5. The molecule has 2 rings (SSSR count). The molecule has 13 heavy (non-hydrogen) atoms. The summed E-state index contributed by atoms with van der Waals surface area (Å²) in [6.07, 6.45) is 3.75. The van der Waals surface area contributed by atoms with Crippen LogP contribution in [0.4, 0.5) is 0 Å². The Balaban J connectivity index is 2.27. The smallest absolute Gasteiger partial charge is 0.0745 e. The van der Waals surface area contributed by atoms with Gasteiger partial charge in [0.1, 0.15) is 0 Å². The second kappa shape index (κ2) is 2.96. The first-order valence-corrected chi connectivity index (χ1v) is 5.47. The highest BCUT2D eigenvalue weighted by Gasteiger charge is 2.53. The van der Waals surface area contributed by atoms with E-state index in [1.54, 1.807) is 0 Å². The van der Waals surface area contributed by atoms with Crippen LogP contribution in [0.3, 0.4) is 0 Å². The topological polar surface area (TPSA) is 29.5 Å². The van der Waals surface area contributed by atoms with Crippen molar-refractivity contribution in [3.8, 4) is 0 Å². The van der Waals surface area contributed by atoms with Gasteiger partial charge in [-0.05, 0) is 19.3 Å². The third kappa shape index (κ3) is 1.15. The molecule has 0 aromatic rings. The highest BCUT2D eigenvalue weighted by Crippen LogP contribution is 2.47. The van der Waals surface area contributed by atoms with Gasteiger partial charge in [-0.3, -0.25) is 0 Å². The molecule has 2 heterocycles. The molecule has 2 nitrogen and oxygen atoms in total. The summed E-state index contributed by atoms with van der Waals surface area (Å²) in [6, 6.07) is 0. The van der Waals surface area contributed by atoms with E-state index in [4.69, 9.17) is 4.74 Å².